The van der Waals surface area contributed by atoms with Crippen LogP contribution < -0.4 is 14.2 Å². The number of nitrogens with zero attached hydrogens (tertiary/aromatic N) is 7. The lowest BCUT2D eigenvalue weighted by atomic mass is 10.1. The minimum absolute atomic E-state index is 0.0795. The van der Waals surface area contributed by atoms with E-state index in [0.717, 1.165) is 5.56 Å². The van der Waals surface area contributed by atoms with Gasteiger partial charge < -0.3 is 9.47 Å². The van der Waals surface area contributed by atoms with Gasteiger partial charge in [0.2, 0.25) is 27.7 Å². The molecule has 13 heteroatoms. The number of aryl methyl sites for hydroxylation is 1. The zero-order valence-corrected chi connectivity index (χ0v) is 21.3. The van der Waals surface area contributed by atoms with Crippen LogP contribution in [0.1, 0.15) is 31.2 Å². The van der Waals surface area contributed by atoms with Crippen LogP contribution in [0.4, 0.5) is 5.95 Å². The number of ether oxygens (including phenoxy) is 2. The molecule has 0 fully saturated rings. The first-order chi connectivity index (χ1) is 17.3. The molecular weight excluding hydrogens is 484 g/mol. The highest BCUT2D eigenvalue weighted by atomic mass is 32.2. The fourth-order valence-electron chi connectivity index (χ4n) is 3.51. The summed E-state index contributed by atoms with van der Waals surface area (Å²) in [6.45, 7) is 5.21. The van der Waals surface area contributed by atoms with Gasteiger partial charge in [-0.1, -0.05) is 37.3 Å². The van der Waals surface area contributed by atoms with Gasteiger partial charge in [-0.25, -0.2) is 18.4 Å². The minimum Gasteiger partial charge on any atom is -0.479 e. The summed E-state index contributed by atoms with van der Waals surface area (Å²) in [6.07, 6.45) is 4.59. The van der Waals surface area contributed by atoms with Gasteiger partial charge in [-0.2, -0.15) is 9.97 Å². The molecule has 188 valence electrons. The van der Waals surface area contributed by atoms with E-state index < -0.39 is 21.2 Å². The van der Waals surface area contributed by atoms with Gasteiger partial charge in [0.1, 0.15) is 12.2 Å². The van der Waals surface area contributed by atoms with Gasteiger partial charge in [-0.3, -0.25) is 9.29 Å². The zero-order chi connectivity index (χ0) is 25.9. The van der Waals surface area contributed by atoms with Gasteiger partial charge in [0, 0.05) is 23.9 Å². The van der Waals surface area contributed by atoms with Crippen LogP contribution in [0.3, 0.4) is 0 Å². The highest BCUT2D eigenvalue weighted by Crippen LogP contribution is 2.35. The molecular formula is C23H26N8O4S. The molecule has 3 aromatic heterocycles. The van der Waals surface area contributed by atoms with E-state index in [4.69, 9.17) is 9.47 Å². The lowest BCUT2D eigenvalue weighted by Crippen LogP contribution is -2.31. The van der Waals surface area contributed by atoms with Crippen LogP contribution in [-0.4, -0.2) is 62.6 Å². The largest absolute Gasteiger partial charge is 0.479 e. The van der Waals surface area contributed by atoms with Crippen LogP contribution in [0.2, 0.25) is 0 Å². The number of hydrogen-bond donors (Lipinski definition) is 1. The van der Waals surface area contributed by atoms with Crippen molar-refractivity contribution in [3.8, 4) is 28.8 Å². The van der Waals surface area contributed by atoms with E-state index in [1.807, 2.05) is 37.3 Å². The molecule has 0 bridgehead atoms. The summed E-state index contributed by atoms with van der Waals surface area (Å²) in [5.41, 5.74) is 1.80. The first-order valence-corrected chi connectivity index (χ1v) is 12.6. The Balaban J connectivity index is 1.81. The number of rotatable bonds is 9. The quantitative estimate of drug-likeness (QED) is 0.356. The van der Waals surface area contributed by atoms with Crippen LogP contribution >= 0.6 is 0 Å². The van der Waals surface area contributed by atoms with Crippen LogP contribution in [-0.2, 0) is 10.0 Å². The number of anilines is 1. The number of benzene rings is 1. The molecule has 0 amide bonds. The van der Waals surface area contributed by atoms with Crippen molar-refractivity contribution in [1.82, 2.24) is 34.7 Å². The Kier molecular flexibility index (Phi) is 7.10. The number of sulfonamides is 1. The molecule has 4 rings (SSSR count). The SMILES string of the molecule is COc1ncnc(OC)c1-n1c(NS(=O)(=O)C(C)C(C)c2ncc(C)cn2)nnc1-c1ccccc1. The Bertz CT molecular complexity index is 1420. The topological polar surface area (TPSA) is 147 Å². The van der Waals surface area contributed by atoms with Crippen molar-refractivity contribution in [3.63, 3.8) is 0 Å². The predicted molar refractivity (Wildman–Crippen MR) is 133 cm³/mol. The first kappa shape index (κ1) is 25.0. The highest BCUT2D eigenvalue weighted by molar-refractivity contribution is 7.93. The second-order valence-electron chi connectivity index (χ2n) is 8.05. The van der Waals surface area contributed by atoms with E-state index in [2.05, 4.69) is 34.9 Å². The van der Waals surface area contributed by atoms with Gasteiger partial charge >= 0.3 is 0 Å². The van der Waals surface area contributed by atoms with Gasteiger partial charge in [-0.15, -0.1) is 10.2 Å². The summed E-state index contributed by atoms with van der Waals surface area (Å²) >= 11 is 0. The fraction of sp³-hybridized carbons (Fsp3) is 0.304. The van der Waals surface area contributed by atoms with Crippen LogP contribution in [0.15, 0.2) is 49.1 Å². The molecule has 0 radical (unpaired) electrons. The minimum atomic E-state index is -3.99. The van der Waals surface area contributed by atoms with E-state index in [-0.39, 0.29) is 23.4 Å². The molecule has 0 aliphatic rings. The summed E-state index contributed by atoms with van der Waals surface area (Å²) in [6, 6.07) is 9.16. The monoisotopic (exact) mass is 510 g/mol. The normalized spacial score (nSPS) is 13.1. The fourth-order valence-corrected chi connectivity index (χ4v) is 4.74. The molecule has 0 saturated carbocycles. The molecule has 4 aromatic rings. The van der Waals surface area contributed by atoms with Crippen LogP contribution in [0.25, 0.3) is 17.1 Å². The maximum absolute atomic E-state index is 13.5. The van der Waals surface area contributed by atoms with Crippen molar-refractivity contribution in [3.05, 3.63) is 60.4 Å². The van der Waals surface area contributed by atoms with Gasteiger partial charge in [0.25, 0.3) is 0 Å². The van der Waals surface area contributed by atoms with E-state index in [0.29, 0.717) is 17.2 Å². The highest BCUT2D eigenvalue weighted by Gasteiger charge is 2.32. The predicted octanol–water partition coefficient (Wildman–Crippen LogP) is 2.77. The second kappa shape index (κ2) is 10.2. The average Bonchev–Trinajstić information content (AvgIpc) is 3.30. The average molecular weight is 511 g/mol. The van der Waals surface area contributed by atoms with Crippen molar-refractivity contribution >= 4 is 16.0 Å². The number of hydrogen-bond acceptors (Lipinski definition) is 10. The Morgan fingerprint density at radius 2 is 1.53 bits per heavy atom. The van der Waals surface area contributed by atoms with E-state index in [9.17, 15) is 8.42 Å². The zero-order valence-electron chi connectivity index (χ0n) is 20.4. The van der Waals surface area contributed by atoms with Crippen molar-refractivity contribution in [2.75, 3.05) is 18.9 Å². The molecule has 2 atom stereocenters. The summed E-state index contributed by atoms with van der Waals surface area (Å²) in [7, 11) is -1.11. The van der Waals surface area contributed by atoms with Crippen molar-refractivity contribution in [2.45, 2.75) is 31.9 Å². The number of nitrogens with one attached hydrogen (secondary N) is 1. The van der Waals surface area contributed by atoms with E-state index >= 15 is 0 Å². The summed E-state index contributed by atoms with van der Waals surface area (Å²) in [5.74, 6) is 0.468. The molecule has 1 aromatic carbocycles. The van der Waals surface area contributed by atoms with Crippen molar-refractivity contribution in [1.29, 1.82) is 0 Å². The Hall–Kier alpha value is -4.13. The second-order valence-corrected chi connectivity index (χ2v) is 10.1. The molecule has 0 aliphatic carbocycles. The van der Waals surface area contributed by atoms with Gasteiger partial charge in [-0.05, 0) is 19.4 Å². The lowest BCUT2D eigenvalue weighted by Gasteiger charge is -2.21. The Morgan fingerprint density at radius 3 is 2.11 bits per heavy atom. The maximum atomic E-state index is 13.5. The molecule has 3 heterocycles. The van der Waals surface area contributed by atoms with Gasteiger partial charge in [0.15, 0.2) is 11.5 Å². The van der Waals surface area contributed by atoms with Crippen LogP contribution in [0, 0.1) is 6.92 Å². The Labute approximate surface area is 208 Å². The molecule has 36 heavy (non-hydrogen) atoms. The molecule has 12 nitrogen and oxygen atoms in total. The summed E-state index contributed by atoms with van der Waals surface area (Å²) < 4.78 is 41.9. The third kappa shape index (κ3) is 4.82. The summed E-state index contributed by atoms with van der Waals surface area (Å²) in [4.78, 5) is 16.9. The third-order valence-electron chi connectivity index (χ3n) is 5.70. The standard InChI is InChI=1S/C23H26N8O4S/c1-14-11-24-19(25-12-14)15(2)16(3)36(32,33)30-23-29-28-20(17-9-7-6-8-10-17)31(23)18-21(34-4)26-13-27-22(18)35-5/h6-13,15-16H,1-5H3,(H,29,30). The summed E-state index contributed by atoms with van der Waals surface area (Å²) in [5, 5.41) is 7.52. The molecule has 2 unspecified atom stereocenters. The van der Waals surface area contributed by atoms with Crippen molar-refractivity contribution < 1.29 is 17.9 Å². The smallest absolute Gasteiger partial charge is 0.245 e. The van der Waals surface area contributed by atoms with Crippen molar-refractivity contribution in [2.24, 2.45) is 0 Å². The third-order valence-corrected chi connectivity index (χ3v) is 7.55. The molecule has 0 spiro atoms. The first-order valence-electron chi connectivity index (χ1n) is 11.0. The Morgan fingerprint density at radius 1 is 0.917 bits per heavy atom. The molecule has 0 aliphatic heterocycles. The van der Waals surface area contributed by atoms with E-state index in [1.165, 1.54) is 25.1 Å². The number of methoxy groups -OCH3 is 2. The molecule has 1 N–H and O–H groups in total. The maximum Gasteiger partial charge on any atom is 0.245 e. The van der Waals surface area contributed by atoms with Gasteiger partial charge in [0.05, 0.1) is 19.5 Å². The van der Waals surface area contributed by atoms with Crippen LogP contribution in [0.5, 0.6) is 11.8 Å². The molecule has 0 saturated heterocycles. The lowest BCUT2D eigenvalue weighted by molar-refractivity contribution is 0.368. The van der Waals surface area contributed by atoms with E-state index in [1.54, 1.807) is 26.2 Å². The number of aromatic nitrogens is 7.